The molecule has 0 saturated carbocycles. The molecule has 0 radical (unpaired) electrons. The van der Waals surface area contributed by atoms with Gasteiger partial charge in [0, 0.05) is 0 Å². The molecule has 0 fully saturated rings. The first-order valence-corrected chi connectivity index (χ1v) is 5.60. The fraction of sp³-hybridized carbons (Fsp3) is 1.00. The summed E-state index contributed by atoms with van der Waals surface area (Å²) in [4.78, 5) is 0. The van der Waals surface area contributed by atoms with E-state index in [2.05, 4.69) is 6.92 Å². The van der Waals surface area contributed by atoms with Crippen LogP contribution in [0.1, 0.15) is 46.0 Å². The van der Waals surface area contributed by atoms with Crippen LogP contribution in [-0.4, -0.2) is 13.7 Å². The van der Waals surface area contributed by atoms with Crippen molar-refractivity contribution in [1.29, 1.82) is 0 Å². The Labute approximate surface area is 71.0 Å². The van der Waals surface area contributed by atoms with E-state index < -0.39 is 10.7 Å². The van der Waals surface area contributed by atoms with Crippen molar-refractivity contribution in [3.05, 3.63) is 0 Å². The van der Waals surface area contributed by atoms with Crippen molar-refractivity contribution < 1.29 is 8.42 Å². The molecule has 0 N–H and O–H groups in total. The fourth-order valence-electron chi connectivity index (χ4n) is 1.09. The SMILES string of the molecule is CCCCCC(CC)[SH](=O)=O. The van der Waals surface area contributed by atoms with Crippen LogP contribution in [-0.2, 0) is 10.7 Å². The van der Waals surface area contributed by atoms with Crippen molar-refractivity contribution in [3.63, 3.8) is 0 Å². The molecule has 0 aliphatic rings. The normalized spacial score (nSPS) is 13.7. The standard InChI is InChI=1S/C8H18O2S/c1-3-5-6-7-8(4-2)11(9)10/h8,11H,3-7H2,1-2H3. The number of thiol groups is 1. The van der Waals surface area contributed by atoms with E-state index >= 15 is 0 Å². The Morgan fingerprint density at radius 1 is 1.18 bits per heavy atom. The summed E-state index contributed by atoms with van der Waals surface area (Å²) in [5.41, 5.74) is 0. The third-order valence-corrected chi connectivity index (χ3v) is 3.13. The molecule has 11 heavy (non-hydrogen) atoms. The second-order valence-electron chi connectivity index (χ2n) is 2.84. The molecule has 68 valence electrons. The van der Waals surface area contributed by atoms with E-state index in [0.29, 0.717) is 0 Å². The molecule has 0 bridgehead atoms. The Bertz CT molecular complexity index is 144. The second-order valence-corrected chi connectivity index (χ2v) is 4.14. The molecule has 3 heteroatoms. The first-order chi connectivity index (χ1) is 5.22. The van der Waals surface area contributed by atoms with E-state index in [1.54, 1.807) is 0 Å². The number of rotatable bonds is 6. The van der Waals surface area contributed by atoms with Gasteiger partial charge in [-0.05, 0) is 12.8 Å². The van der Waals surface area contributed by atoms with Gasteiger partial charge in [0.2, 0.25) is 0 Å². The smallest absolute Gasteiger partial charge is 0.142 e. The molecular formula is C8H18O2S. The minimum Gasteiger partial charge on any atom is -0.232 e. The van der Waals surface area contributed by atoms with Gasteiger partial charge in [-0.2, -0.15) is 0 Å². The highest BCUT2D eigenvalue weighted by Crippen LogP contribution is 2.08. The van der Waals surface area contributed by atoms with E-state index in [9.17, 15) is 8.42 Å². The largest absolute Gasteiger partial charge is 0.232 e. The summed E-state index contributed by atoms with van der Waals surface area (Å²) >= 11 is 0. The van der Waals surface area contributed by atoms with Crippen LogP contribution in [0.25, 0.3) is 0 Å². The molecule has 0 spiro atoms. The molecule has 1 atom stereocenters. The fourth-order valence-corrected chi connectivity index (χ4v) is 1.78. The van der Waals surface area contributed by atoms with Gasteiger partial charge in [0.25, 0.3) is 0 Å². The van der Waals surface area contributed by atoms with Crippen molar-refractivity contribution in [2.24, 2.45) is 0 Å². The van der Waals surface area contributed by atoms with Crippen molar-refractivity contribution in [2.75, 3.05) is 0 Å². The van der Waals surface area contributed by atoms with Crippen LogP contribution in [0.5, 0.6) is 0 Å². The Morgan fingerprint density at radius 2 is 1.82 bits per heavy atom. The van der Waals surface area contributed by atoms with Crippen molar-refractivity contribution in [2.45, 2.75) is 51.2 Å². The summed E-state index contributed by atoms with van der Waals surface area (Å²) in [7, 11) is -2.18. The van der Waals surface area contributed by atoms with E-state index in [1.165, 1.54) is 0 Å². The maximum absolute atomic E-state index is 10.6. The van der Waals surface area contributed by atoms with Gasteiger partial charge in [-0.15, -0.1) is 0 Å². The van der Waals surface area contributed by atoms with E-state index in [-0.39, 0.29) is 5.25 Å². The minimum absolute atomic E-state index is 0.0726. The molecular weight excluding hydrogens is 160 g/mol. The monoisotopic (exact) mass is 178 g/mol. The summed E-state index contributed by atoms with van der Waals surface area (Å²) in [6.45, 7) is 4.06. The van der Waals surface area contributed by atoms with E-state index in [1.807, 2.05) is 6.92 Å². The molecule has 2 nitrogen and oxygen atoms in total. The third-order valence-electron chi connectivity index (χ3n) is 1.91. The van der Waals surface area contributed by atoms with Gasteiger partial charge in [-0.25, -0.2) is 8.42 Å². The topological polar surface area (TPSA) is 34.1 Å². The third kappa shape index (κ3) is 5.24. The van der Waals surface area contributed by atoms with Gasteiger partial charge in [0.1, 0.15) is 10.7 Å². The minimum atomic E-state index is -2.18. The summed E-state index contributed by atoms with van der Waals surface area (Å²) in [5.74, 6) is 0. The van der Waals surface area contributed by atoms with Gasteiger partial charge in [0.15, 0.2) is 0 Å². The predicted molar refractivity (Wildman–Crippen MR) is 48.5 cm³/mol. The lowest BCUT2D eigenvalue weighted by Crippen LogP contribution is -2.07. The van der Waals surface area contributed by atoms with Crippen LogP contribution in [0.15, 0.2) is 0 Å². The molecule has 0 rings (SSSR count). The predicted octanol–water partition coefficient (Wildman–Crippen LogP) is 1.96. The van der Waals surface area contributed by atoms with Gasteiger partial charge in [0.05, 0.1) is 5.25 Å². The summed E-state index contributed by atoms with van der Waals surface area (Å²) < 4.78 is 21.1. The summed E-state index contributed by atoms with van der Waals surface area (Å²) in [5, 5.41) is -0.0726. The van der Waals surface area contributed by atoms with Crippen molar-refractivity contribution in [1.82, 2.24) is 0 Å². The Balaban J connectivity index is 3.53. The average Bonchev–Trinajstić information content (AvgIpc) is 1.97. The average molecular weight is 178 g/mol. The summed E-state index contributed by atoms with van der Waals surface area (Å²) in [6.07, 6.45) is 4.98. The van der Waals surface area contributed by atoms with E-state index in [4.69, 9.17) is 0 Å². The highest BCUT2D eigenvalue weighted by atomic mass is 32.2. The molecule has 0 aromatic heterocycles. The molecule has 0 heterocycles. The molecule has 0 aliphatic carbocycles. The van der Waals surface area contributed by atoms with Crippen LogP contribution in [0.4, 0.5) is 0 Å². The number of hydrogen-bond acceptors (Lipinski definition) is 2. The molecule has 0 aromatic carbocycles. The maximum Gasteiger partial charge on any atom is 0.142 e. The first-order valence-electron chi connectivity index (χ1n) is 4.35. The first kappa shape index (κ1) is 11.0. The maximum atomic E-state index is 10.6. The highest BCUT2D eigenvalue weighted by Gasteiger charge is 2.06. The Morgan fingerprint density at radius 3 is 2.18 bits per heavy atom. The molecule has 0 aromatic rings. The molecule has 0 saturated heterocycles. The lowest BCUT2D eigenvalue weighted by Gasteiger charge is -2.05. The zero-order valence-corrected chi connectivity index (χ0v) is 8.27. The molecule has 0 amide bonds. The van der Waals surface area contributed by atoms with Crippen LogP contribution in [0.3, 0.4) is 0 Å². The highest BCUT2D eigenvalue weighted by molar-refractivity contribution is 7.73. The van der Waals surface area contributed by atoms with Crippen LogP contribution in [0.2, 0.25) is 0 Å². The summed E-state index contributed by atoms with van der Waals surface area (Å²) in [6, 6.07) is 0. The zero-order valence-electron chi connectivity index (χ0n) is 7.38. The van der Waals surface area contributed by atoms with Gasteiger partial charge in [-0.1, -0.05) is 33.1 Å². The molecule has 1 unspecified atom stereocenters. The lowest BCUT2D eigenvalue weighted by molar-refractivity contribution is 0.570. The van der Waals surface area contributed by atoms with Gasteiger partial charge in [-0.3, -0.25) is 0 Å². The van der Waals surface area contributed by atoms with Gasteiger partial charge < -0.3 is 0 Å². The Hall–Kier alpha value is -0.0500. The zero-order chi connectivity index (χ0) is 8.69. The Kier molecular flexibility index (Phi) is 6.62. The van der Waals surface area contributed by atoms with Crippen molar-refractivity contribution in [3.8, 4) is 0 Å². The van der Waals surface area contributed by atoms with Crippen LogP contribution >= 0.6 is 0 Å². The van der Waals surface area contributed by atoms with Crippen LogP contribution in [0, 0.1) is 0 Å². The second kappa shape index (κ2) is 6.65. The van der Waals surface area contributed by atoms with Gasteiger partial charge >= 0.3 is 0 Å². The van der Waals surface area contributed by atoms with Crippen molar-refractivity contribution >= 4 is 10.7 Å². The quantitative estimate of drug-likeness (QED) is 0.498. The molecule has 0 aliphatic heterocycles. The number of unbranched alkanes of at least 4 members (excludes halogenated alkanes) is 2. The van der Waals surface area contributed by atoms with Crippen LogP contribution < -0.4 is 0 Å². The number of hydrogen-bond donors (Lipinski definition) is 1. The van der Waals surface area contributed by atoms with E-state index in [0.717, 1.165) is 32.1 Å². The lowest BCUT2D eigenvalue weighted by atomic mass is 10.1.